The number of carbonyl (C=O) groups excluding carboxylic acids is 4. The van der Waals surface area contributed by atoms with E-state index in [-0.39, 0.29) is 18.7 Å². The van der Waals surface area contributed by atoms with Gasteiger partial charge in [-0.05, 0) is 115 Å². The van der Waals surface area contributed by atoms with Gasteiger partial charge in [-0.15, -0.1) is 0 Å². The average molecular weight is 794 g/mol. The van der Waals surface area contributed by atoms with Crippen LogP contribution in [0.3, 0.4) is 0 Å². The summed E-state index contributed by atoms with van der Waals surface area (Å²) in [4.78, 5) is 58.8. The minimum atomic E-state index is -1.50. The molecule has 0 spiro atoms. The minimum Gasteiger partial charge on any atom is -0.423 e. The van der Waals surface area contributed by atoms with Crippen LogP contribution in [0.4, 0.5) is 11.4 Å². The van der Waals surface area contributed by atoms with Crippen LogP contribution in [0.1, 0.15) is 89.3 Å². The zero-order valence-electron chi connectivity index (χ0n) is 33.7. The summed E-state index contributed by atoms with van der Waals surface area (Å²) in [7, 11) is -1.50. The van der Waals surface area contributed by atoms with Gasteiger partial charge in [-0.1, -0.05) is 73.7 Å². The van der Waals surface area contributed by atoms with E-state index in [1.807, 2.05) is 24.3 Å². The number of carbonyl (C=O) groups is 4. The summed E-state index contributed by atoms with van der Waals surface area (Å²) in [6.45, 7) is 8.86. The molecule has 4 amide bonds. The Bertz CT molecular complexity index is 2210. The number of hydrogen-bond acceptors (Lipinski definition) is 9. The third-order valence-electron chi connectivity index (χ3n) is 12.7. The van der Waals surface area contributed by atoms with Crippen LogP contribution in [0, 0.1) is 5.92 Å². The number of allylic oxidation sites excluding steroid dienone is 1. The van der Waals surface area contributed by atoms with E-state index in [0.717, 1.165) is 79.5 Å². The summed E-state index contributed by atoms with van der Waals surface area (Å²) in [6.07, 6.45) is 5.84. The standard InChI is InChI=1S/C47H52BN5O6/c1-2-39(33-8-4-3-5-9-33)44(34-10-14-36(15-11-34)48(58)59)35-12-16-37(17-13-35)51-25-22-32(23-26-51)7-6-24-50-27-29-52(30-28-50)38-18-19-40-41(31-38)47(57)53(46(40)56)42-20-21-43(54)49-45(42)55/h3-5,8-19,31-32,42,58-59H,2,6-7,20-30H2,1H3,(H,49,54,55)/b44-39-. The molecule has 4 aliphatic rings. The van der Waals surface area contributed by atoms with E-state index >= 15 is 0 Å². The molecule has 0 bridgehead atoms. The van der Waals surface area contributed by atoms with Crippen molar-refractivity contribution in [1.82, 2.24) is 15.1 Å². The van der Waals surface area contributed by atoms with Crippen LogP contribution < -0.4 is 20.6 Å². The molecular weight excluding hydrogens is 741 g/mol. The Hall–Kier alpha value is -5.56. The number of nitrogens with zero attached hydrogens (tertiary/aromatic N) is 4. The monoisotopic (exact) mass is 793 g/mol. The smallest absolute Gasteiger partial charge is 0.423 e. The van der Waals surface area contributed by atoms with Gasteiger partial charge in [0.2, 0.25) is 11.8 Å². The first-order chi connectivity index (χ1) is 28.7. The number of benzene rings is 4. The number of hydrogen-bond donors (Lipinski definition) is 3. The second-order valence-corrected chi connectivity index (χ2v) is 16.2. The minimum absolute atomic E-state index is 0.101. The summed E-state index contributed by atoms with van der Waals surface area (Å²) in [6, 6.07) is 31.4. The van der Waals surface area contributed by atoms with Gasteiger partial charge >= 0.3 is 7.12 Å². The summed E-state index contributed by atoms with van der Waals surface area (Å²) in [5, 5.41) is 21.6. The van der Waals surface area contributed by atoms with E-state index < -0.39 is 30.9 Å². The number of anilines is 2. The summed E-state index contributed by atoms with van der Waals surface area (Å²) >= 11 is 0. The Kier molecular flexibility index (Phi) is 12.1. The van der Waals surface area contributed by atoms with Crippen molar-refractivity contribution >= 4 is 58.7 Å². The third kappa shape index (κ3) is 8.62. The van der Waals surface area contributed by atoms with E-state index in [1.54, 1.807) is 24.3 Å². The fourth-order valence-corrected chi connectivity index (χ4v) is 9.31. The summed E-state index contributed by atoms with van der Waals surface area (Å²) in [5.74, 6) is -1.22. The molecule has 3 N–H and O–H groups in total. The van der Waals surface area contributed by atoms with Crippen molar-refractivity contribution in [2.24, 2.45) is 5.92 Å². The predicted molar refractivity (Wildman–Crippen MR) is 231 cm³/mol. The molecule has 8 rings (SSSR count). The third-order valence-corrected chi connectivity index (χ3v) is 12.7. The van der Waals surface area contributed by atoms with Gasteiger partial charge in [0.05, 0.1) is 11.1 Å². The zero-order chi connectivity index (χ0) is 41.0. The number of nitrogens with one attached hydrogen (secondary N) is 1. The Morgan fingerprint density at radius 2 is 1.32 bits per heavy atom. The van der Waals surface area contributed by atoms with Gasteiger partial charge in [-0.3, -0.25) is 34.3 Å². The Morgan fingerprint density at radius 3 is 1.97 bits per heavy atom. The van der Waals surface area contributed by atoms with E-state index in [2.05, 4.69) is 75.5 Å². The maximum absolute atomic E-state index is 13.3. The van der Waals surface area contributed by atoms with Crippen molar-refractivity contribution < 1.29 is 29.2 Å². The maximum Gasteiger partial charge on any atom is 0.488 e. The van der Waals surface area contributed by atoms with Gasteiger partial charge in [0.1, 0.15) is 6.04 Å². The van der Waals surface area contributed by atoms with E-state index in [1.165, 1.54) is 42.5 Å². The quantitative estimate of drug-likeness (QED) is 0.104. The molecule has 11 nitrogen and oxygen atoms in total. The Morgan fingerprint density at radius 1 is 0.695 bits per heavy atom. The van der Waals surface area contributed by atoms with Crippen LogP contribution in [0.15, 0.2) is 97.1 Å². The maximum atomic E-state index is 13.3. The van der Waals surface area contributed by atoms with Gasteiger partial charge < -0.3 is 19.8 Å². The van der Waals surface area contributed by atoms with E-state index in [0.29, 0.717) is 22.5 Å². The number of rotatable bonds is 12. The topological polar surface area (TPSA) is 134 Å². The SMILES string of the molecule is CC/C(=C(\c1ccc(B(O)O)cc1)c1ccc(N2CCC(CCCN3CCN(c4ccc5c(c4)C(=O)N(C4CCC(=O)NC4=O)C5=O)CC3)CC2)cc1)c1ccccc1. The van der Waals surface area contributed by atoms with Crippen molar-refractivity contribution in [2.45, 2.75) is 57.9 Å². The van der Waals surface area contributed by atoms with Crippen molar-refractivity contribution in [2.75, 3.05) is 55.6 Å². The number of fused-ring (bicyclic) bond motifs is 1. The van der Waals surface area contributed by atoms with E-state index in [4.69, 9.17) is 0 Å². The zero-order valence-corrected chi connectivity index (χ0v) is 33.7. The van der Waals surface area contributed by atoms with Gasteiger partial charge in [-0.2, -0.15) is 0 Å². The lowest BCUT2D eigenvalue weighted by Crippen LogP contribution is -2.54. The highest BCUT2D eigenvalue weighted by Gasteiger charge is 2.45. The second kappa shape index (κ2) is 17.7. The van der Waals surface area contributed by atoms with Crippen molar-refractivity contribution in [1.29, 1.82) is 0 Å². The molecule has 0 aliphatic carbocycles. The van der Waals surface area contributed by atoms with Crippen molar-refractivity contribution in [3.05, 3.63) is 125 Å². The van der Waals surface area contributed by atoms with Crippen LogP contribution in [-0.4, -0.2) is 102 Å². The molecule has 304 valence electrons. The van der Waals surface area contributed by atoms with E-state index in [9.17, 15) is 29.2 Å². The van der Waals surface area contributed by atoms with Crippen LogP contribution in [0.2, 0.25) is 0 Å². The molecule has 4 heterocycles. The molecule has 4 aliphatic heterocycles. The van der Waals surface area contributed by atoms with Crippen LogP contribution >= 0.6 is 0 Å². The predicted octanol–water partition coefficient (Wildman–Crippen LogP) is 4.96. The highest BCUT2D eigenvalue weighted by Crippen LogP contribution is 2.36. The normalized spacial score (nSPS) is 19.5. The highest BCUT2D eigenvalue weighted by atomic mass is 16.4. The van der Waals surface area contributed by atoms with Crippen LogP contribution in [-0.2, 0) is 9.59 Å². The molecule has 3 fully saturated rings. The van der Waals surface area contributed by atoms with Gasteiger partial charge in [0.15, 0.2) is 0 Å². The van der Waals surface area contributed by atoms with Gasteiger partial charge in [-0.25, -0.2) is 0 Å². The largest absolute Gasteiger partial charge is 0.488 e. The Balaban J connectivity index is 0.815. The number of imide groups is 2. The lowest BCUT2D eigenvalue weighted by Gasteiger charge is -2.37. The number of amides is 4. The lowest BCUT2D eigenvalue weighted by atomic mass is 9.79. The first-order valence-corrected chi connectivity index (χ1v) is 21.1. The molecule has 1 atom stereocenters. The first kappa shape index (κ1) is 40.2. The molecular formula is C47H52BN5O6. The molecule has 12 heteroatoms. The van der Waals surface area contributed by atoms with Gasteiger partial charge in [0, 0.05) is 57.1 Å². The average Bonchev–Trinajstić information content (AvgIpc) is 3.51. The molecule has 1 unspecified atom stereocenters. The first-order valence-electron chi connectivity index (χ1n) is 21.1. The number of piperazine rings is 1. The fraction of sp³-hybridized carbons (Fsp3) is 0.362. The molecule has 59 heavy (non-hydrogen) atoms. The lowest BCUT2D eigenvalue weighted by molar-refractivity contribution is -0.136. The van der Waals surface area contributed by atoms with Crippen LogP contribution in [0.5, 0.6) is 0 Å². The molecule has 4 aromatic rings. The summed E-state index contributed by atoms with van der Waals surface area (Å²) < 4.78 is 0. The van der Waals surface area contributed by atoms with Crippen molar-refractivity contribution in [3.63, 3.8) is 0 Å². The number of piperidine rings is 2. The molecule has 0 saturated carbocycles. The highest BCUT2D eigenvalue weighted by molar-refractivity contribution is 6.58. The molecule has 3 saturated heterocycles. The summed E-state index contributed by atoms with van der Waals surface area (Å²) in [5.41, 5.74) is 9.01. The fourth-order valence-electron chi connectivity index (χ4n) is 9.31. The second-order valence-electron chi connectivity index (χ2n) is 16.2. The molecule has 0 radical (unpaired) electrons. The molecule has 4 aromatic carbocycles. The van der Waals surface area contributed by atoms with Gasteiger partial charge in [0.25, 0.3) is 11.8 Å². The molecule has 0 aromatic heterocycles. The van der Waals surface area contributed by atoms with Crippen molar-refractivity contribution in [3.8, 4) is 0 Å². The Labute approximate surface area is 346 Å². The van der Waals surface area contributed by atoms with Crippen LogP contribution in [0.25, 0.3) is 11.1 Å².